The van der Waals surface area contributed by atoms with Crippen LogP contribution in [0.25, 0.3) is 0 Å². The second-order valence-corrected chi connectivity index (χ2v) is 5.26. The second kappa shape index (κ2) is 5.27. The molecule has 2 aromatic carbocycles. The molecule has 18 heavy (non-hydrogen) atoms. The van der Waals surface area contributed by atoms with E-state index in [0.29, 0.717) is 5.56 Å². The third-order valence-corrected chi connectivity index (χ3v) is 3.89. The van der Waals surface area contributed by atoms with Crippen molar-refractivity contribution in [1.82, 2.24) is 0 Å². The van der Waals surface area contributed by atoms with Gasteiger partial charge < -0.3 is 5.11 Å². The molecule has 0 heterocycles. The van der Waals surface area contributed by atoms with Gasteiger partial charge in [0.15, 0.2) is 0 Å². The molecule has 0 saturated carbocycles. The summed E-state index contributed by atoms with van der Waals surface area (Å²) in [5.74, 6) is -0.881. The molecule has 3 heteroatoms. The molecule has 0 bridgehead atoms. The number of rotatable bonds is 3. The van der Waals surface area contributed by atoms with Gasteiger partial charge in [-0.15, -0.1) is 0 Å². The number of hydrogen-bond acceptors (Lipinski definition) is 2. The van der Waals surface area contributed by atoms with Gasteiger partial charge in [-0.05, 0) is 37.6 Å². The average Bonchev–Trinajstić information content (AvgIpc) is 2.31. The lowest BCUT2D eigenvalue weighted by atomic mass is 10.1. The monoisotopic (exact) mass is 258 g/mol. The molecule has 2 rings (SSSR count). The Hall–Kier alpha value is -1.74. The molecule has 0 atom stereocenters. The molecule has 0 unspecified atom stereocenters. The molecule has 1 N–H and O–H groups in total. The summed E-state index contributed by atoms with van der Waals surface area (Å²) in [4.78, 5) is 13.1. The molecule has 0 spiro atoms. The maximum Gasteiger partial charge on any atom is 0.336 e. The normalized spacial score (nSPS) is 10.3. The van der Waals surface area contributed by atoms with Crippen molar-refractivity contribution in [2.75, 3.05) is 0 Å². The van der Waals surface area contributed by atoms with Gasteiger partial charge in [0, 0.05) is 9.79 Å². The molecule has 92 valence electrons. The molecular formula is C15H14O2S. The summed E-state index contributed by atoms with van der Waals surface area (Å²) in [6.45, 7) is 3.96. The van der Waals surface area contributed by atoms with E-state index >= 15 is 0 Å². The van der Waals surface area contributed by atoms with E-state index in [1.165, 1.54) is 17.3 Å². The van der Waals surface area contributed by atoms with Crippen molar-refractivity contribution in [3.8, 4) is 0 Å². The molecule has 0 radical (unpaired) electrons. The summed E-state index contributed by atoms with van der Waals surface area (Å²) >= 11 is 1.50. The van der Waals surface area contributed by atoms with Gasteiger partial charge in [0.2, 0.25) is 0 Å². The molecule has 0 aromatic heterocycles. The molecule has 2 nitrogen and oxygen atoms in total. The highest BCUT2D eigenvalue weighted by Gasteiger charge is 2.13. The van der Waals surface area contributed by atoms with Crippen LogP contribution in [0.3, 0.4) is 0 Å². The summed E-state index contributed by atoms with van der Waals surface area (Å²) < 4.78 is 0. The molecular weight excluding hydrogens is 244 g/mol. The van der Waals surface area contributed by atoms with Crippen molar-refractivity contribution in [1.29, 1.82) is 0 Å². The van der Waals surface area contributed by atoms with E-state index < -0.39 is 5.97 Å². The average molecular weight is 258 g/mol. The zero-order valence-corrected chi connectivity index (χ0v) is 11.1. The number of aryl methyl sites for hydroxylation is 2. The fourth-order valence-corrected chi connectivity index (χ4v) is 2.87. The van der Waals surface area contributed by atoms with Crippen LogP contribution in [-0.2, 0) is 0 Å². The van der Waals surface area contributed by atoms with Crippen molar-refractivity contribution in [2.45, 2.75) is 23.6 Å². The minimum Gasteiger partial charge on any atom is -0.478 e. The maximum absolute atomic E-state index is 11.2. The quantitative estimate of drug-likeness (QED) is 0.898. The lowest BCUT2D eigenvalue weighted by Crippen LogP contribution is -2.00. The molecule has 0 aliphatic rings. The standard InChI is InChI=1S/C15H14O2S/c1-10-5-3-7-12(9-10)18-14-11(2)6-4-8-13(14)15(16)17/h3-9H,1-2H3,(H,16,17). The van der Waals surface area contributed by atoms with Gasteiger partial charge in [0.1, 0.15) is 0 Å². The van der Waals surface area contributed by atoms with Crippen molar-refractivity contribution in [3.63, 3.8) is 0 Å². The first kappa shape index (κ1) is 12.7. The Morgan fingerprint density at radius 3 is 2.50 bits per heavy atom. The van der Waals surface area contributed by atoms with Gasteiger partial charge in [-0.3, -0.25) is 0 Å². The Morgan fingerprint density at radius 2 is 1.83 bits per heavy atom. The first-order valence-electron chi connectivity index (χ1n) is 5.65. The fraction of sp³-hybridized carbons (Fsp3) is 0.133. The zero-order chi connectivity index (χ0) is 13.1. The number of hydrogen-bond donors (Lipinski definition) is 1. The van der Waals surface area contributed by atoms with Gasteiger partial charge in [0.25, 0.3) is 0 Å². The van der Waals surface area contributed by atoms with Gasteiger partial charge in [-0.2, -0.15) is 0 Å². The van der Waals surface area contributed by atoms with E-state index in [4.69, 9.17) is 0 Å². The molecule has 0 saturated heterocycles. The fourth-order valence-electron chi connectivity index (χ4n) is 1.75. The second-order valence-electron chi connectivity index (χ2n) is 4.18. The van der Waals surface area contributed by atoms with Crippen molar-refractivity contribution < 1.29 is 9.90 Å². The Kier molecular flexibility index (Phi) is 3.72. The summed E-state index contributed by atoms with van der Waals surface area (Å²) in [6, 6.07) is 13.4. The highest BCUT2D eigenvalue weighted by Crippen LogP contribution is 2.33. The van der Waals surface area contributed by atoms with E-state index in [0.717, 1.165) is 15.4 Å². The first-order chi connectivity index (χ1) is 8.58. The van der Waals surface area contributed by atoms with Crippen LogP contribution >= 0.6 is 11.8 Å². The van der Waals surface area contributed by atoms with Gasteiger partial charge >= 0.3 is 5.97 Å². The Morgan fingerprint density at radius 1 is 1.11 bits per heavy atom. The third-order valence-electron chi connectivity index (χ3n) is 2.65. The van der Waals surface area contributed by atoms with Crippen LogP contribution in [-0.4, -0.2) is 11.1 Å². The summed E-state index contributed by atoms with van der Waals surface area (Å²) in [7, 11) is 0. The number of carboxylic acids is 1. The van der Waals surface area contributed by atoms with Crippen LogP contribution in [0.15, 0.2) is 52.3 Å². The predicted octanol–water partition coefficient (Wildman–Crippen LogP) is 4.15. The molecule has 0 fully saturated rings. The minimum atomic E-state index is -0.881. The number of benzene rings is 2. The van der Waals surface area contributed by atoms with E-state index in [-0.39, 0.29) is 0 Å². The topological polar surface area (TPSA) is 37.3 Å². The van der Waals surface area contributed by atoms with Gasteiger partial charge in [-0.25, -0.2) is 4.79 Å². The largest absolute Gasteiger partial charge is 0.478 e. The van der Waals surface area contributed by atoms with Crippen LogP contribution in [0.1, 0.15) is 21.5 Å². The molecule has 0 amide bonds. The molecule has 0 aliphatic heterocycles. The predicted molar refractivity (Wildman–Crippen MR) is 73.4 cm³/mol. The van der Waals surface area contributed by atoms with E-state index in [1.54, 1.807) is 12.1 Å². The van der Waals surface area contributed by atoms with Crippen LogP contribution in [0.4, 0.5) is 0 Å². The SMILES string of the molecule is Cc1cccc(Sc2c(C)cccc2C(=O)O)c1. The summed E-state index contributed by atoms with van der Waals surface area (Å²) in [6.07, 6.45) is 0. The number of carbonyl (C=O) groups is 1. The highest BCUT2D eigenvalue weighted by molar-refractivity contribution is 7.99. The third kappa shape index (κ3) is 2.74. The van der Waals surface area contributed by atoms with E-state index in [2.05, 4.69) is 6.07 Å². The van der Waals surface area contributed by atoms with Gasteiger partial charge in [-0.1, -0.05) is 41.6 Å². The Labute approximate surface area is 111 Å². The van der Waals surface area contributed by atoms with E-state index in [9.17, 15) is 9.90 Å². The summed E-state index contributed by atoms with van der Waals surface area (Å²) in [5, 5.41) is 9.21. The lowest BCUT2D eigenvalue weighted by Gasteiger charge is -2.09. The number of carboxylic acid groups (broad SMARTS) is 1. The van der Waals surface area contributed by atoms with Crippen molar-refractivity contribution in [3.05, 3.63) is 59.2 Å². The van der Waals surface area contributed by atoms with Gasteiger partial charge in [0.05, 0.1) is 5.56 Å². The maximum atomic E-state index is 11.2. The zero-order valence-electron chi connectivity index (χ0n) is 10.3. The minimum absolute atomic E-state index is 0.363. The van der Waals surface area contributed by atoms with Crippen LogP contribution in [0.5, 0.6) is 0 Å². The Balaban J connectivity index is 2.42. The van der Waals surface area contributed by atoms with Crippen LogP contribution in [0, 0.1) is 13.8 Å². The number of aromatic carboxylic acids is 1. The Bertz CT molecular complexity index is 591. The summed E-state index contributed by atoms with van der Waals surface area (Å²) in [5.41, 5.74) is 2.52. The van der Waals surface area contributed by atoms with E-state index in [1.807, 2.05) is 38.1 Å². The van der Waals surface area contributed by atoms with Crippen molar-refractivity contribution in [2.24, 2.45) is 0 Å². The van der Waals surface area contributed by atoms with Crippen molar-refractivity contribution >= 4 is 17.7 Å². The molecule has 2 aromatic rings. The van der Waals surface area contributed by atoms with Crippen LogP contribution < -0.4 is 0 Å². The molecule has 0 aliphatic carbocycles. The smallest absolute Gasteiger partial charge is 0.336 e. The van der Waals surface area contributed by atoms with Crippen LogP contribution in [0.2, 0.25) is 0 Å². The first-order valence-corrected chi connectivity index (χ1v) is 6.47. The lowest BCUT2D eigenvalue weighted by molar-refractivity contribution is 0.0693. The highest BCUT2D eigenvalue weighted by atomic mass is 32.2.